The summed E-state index contributed by atoms with van der Waals surface area (Å²) in [5.41, 5.74) is 0. The summed E-state index contributed by atoms with van der Waals surface area (Å²) in [6.45, 7) is 5.78. The number of aliphatic carboxylic acids is 1. The third-order valence-electron chi connectivity index (χ3n) is 3.98. The summed E-state index contributed by atoms with van der Waals surface area (Å²) in [4.78, 5) is 24.8. The van der Waals surface area contributed by atoms with Crippen LogP contribution >= 0.6 is 0 Å². The molecule has 1 fully saturated rings. The van der Waals surface area contributed by atoms with Crippen molar-refractivity contribution in [1.82, 2.24) is 10.2 Å². The number of piperidine rings is 1. The van der Waals surface area contributed by atoms with Gasteiger partial charge in [-0.3, -0.25) is 4.79 Å². The number of likely N-dealkylation sites (tertiary alicyclic amines) is 1. The average Bonchev–Trinajstić information content (AvgIpc) is 2.39. The molecule has 0 aliphatic carbocycles. The topological polar surface area (TPSA) is 69.6 Å². The van der Waals surface area contributed by atoms with Crippen LogP contribution in [-0.2, 0) is 4.79 Å². The van der Waals surface area contributed by atoms with Crippen LogP contribution in [0.25, 0.3) is 0 Å². The van der Waals surface area contributed by atoms with Gasteiger partial charge in [0, 0.05) is 19.1 Å². The van der Waals surface area contributed by atoms with Gasteiger partial charge in [-0.05, 0) is 25.2 Å². The number of hydrogen-bond donors (Lipinski definition) is 2. The smallest absolute Gasteiger partial charge is 0.317 e. The first-order chi connectivity index (χ1) is 9.56. The lowest BCUT2D eigenvalue weighted by Gasteiger charge is -2.33. The van der Waals surface area contributed by atoms with Crippen molar-refractivity contribution >= 4 is 12.0 Å². The van der Waals surface area contributed by atoms with Crippen molar-refractivity contribution in [2.75, 3.05) is 13.1 Å². The Hall–Kier alpha value is -1.26. The fourth-order valence-electron chi connectivity index (χ4n) is 2.88. The van der Waals surface area contributed by atoms with E-state index in [1.165, 1.54) is 12.8 Å². The van der Waals surface area contributed by atoms with E-state index in [4.69, 9.17) is 5.11 Å². The minimum absolute atomic E-state index is 0.00583. The molecule has 5 heteroatoms. The van der Waals surface area contributed by atoms with E-state index < -0.39 is 5.97 Å². The number of amides is 2. The molecule has 0 aromatic heterocycles. The highest BCUT2D eigenvalue weighted by atomic mass is 16.4. The Morgan fingerprint density at radius 2 is 1.90 bits per heavy atom. The summed E-state index contributed by atoms with van der Waals surface area (Å²) in [6.07, 6.45) is 6.17. The number of rotatable bonds is 7. The lowest BCUT2D eigenvalue weighted by molar-refractivity contribution is -0.137. The number of urea groups is 1. The van der Waals surface area contributed by atoms with E-state index in [0.717, 1.165) is 38.3 Å². The average molecular weight is 284 g/mol. The molecule has 2 N–H and O–H groups in total. The molecule has 1 heterocycles. The van der Waals surface area contributed by atoms with E-state index in [2.05, 4.69) is 12.2 Å². The predicted octanol–water partition coefficient (Wildman–Crippen LogP) is 2.85. The van der Waals surface area contributed by atoms with Crippen molar-refractivity contribution in [2.45, 2.75) is 64.8 Å². The molecule has 1 unspecified atom stereocenters. The minimum atomic E-state index is -0.856. The Labute approximate surface area is 121 Å². The summed E-state index contributed by atoms with van der Waals surface area (Å²) in [5, 5.41) is 11.7. The molecule has 1 aliphatic heterocycles. The molecule has 1 saturated heterocycles. The van der Waals surface area contributed by atoms with Gasteiger partial charge in [-0.25, -0.2) is 4.79 Å². The zero-order chi connectivity index (χ0) is 15.0. The fraction of sp³-hybridized carbons (Fsp3) is 0.867. The monoisotopic (exact) mass is 284 g/mol. The highest BCUT2D eigenvalue weighted by Crippen LogP contribution is 2.21. The molecule has 20 heavy (non-hydrogen) atoms. The SMILES string of the molecule is CCCC1CCN(C(=O)NC(CCC)CC(=O)O)CC1. The number of nitrogens with zero attached hydrogens (tertiary/aromatic N) is 1. The van der Waals surface area contributed by atoms with Gasteiger partial charge in [0.25, 0.3) is 0 Å². The van der Waals surface area contributed by atoms with Crippen LogP contribution in [0.3, 0.4) is 0 Å². The zero-order valence-electron chi connectivity index (χ0n) is 12.7. The number of hydrogen-bond acceptors (Lipinski definition) is 2. The zero-order valence-corrected chi connectivity index (χ0v) is 12.7. The number of nitrogens with one attached hydrogen (secondary N) is 1. The van der Waals surface area contributed by atoms with Gasteiger partial charge < -0.3 is 15.3 Å². The van der Waals surface area contributed by atoms with Crippen LogP contribution < -0.4 is 5.32 Å². The van der Waals surface area contributed by atoms with Crippen molar-refractivity contribution in [2.24, 2.45) is 5.92 Å². The van der Waals surface area contributed by atoms with Gasteiger partial charge in [0.1, 0.15) is 0 Å². The predicted molar refractivity (Wildman–Crippen MR) is 78.7 cm³/mol. The van der Waals surface area contributed by atoms with Gasteiger partial charge in [0.2, 0.25) is 0 Å². The van der Waals surface area contributed by atoms with Crippen molar-refractivity contribution in [3.63, 3.8) is 0 Å². The van der Waals surface area contributed by atoms with E-state index in [1.807, 2.05) is 11.8 Å². The van der Waals surface area contributed by atoms with Crippen molar-refractivity contribution in [3.05, 3.63) is 0 Å². The van der Waals surface area contributed by atoms with Crippen LogP contribution in [0, 0.1) is 5.92 Å². The fourth-order valence-corrected chi connectivity index (χ4v) is 2.88. The largest absolute Gasteiger partial charge is 0.481 e. The minimum Gasteiger partial charge on any atom is -0.481 e. The van der Waals surface area contributed by atoms with Gasteiger partial charge in [0.05, 0.1) is 6.42 Å². The van der Waals surface area contributed by atoms with Crippen LogP contribution in [0.1, 0.15) is 58.8 Å². The highest BCUT2D eigenvalue weighted by Gasteiger charge is 2.24. The summed E-state index contributed by atoms with van der Waals surface area (Å²) >= 11 is 0. The Kier molecular flexibility index (Phi) is 7.41. The van der Waals surface area contributed by atoms with Crippen LogP contribution in [-0.4, -0.2) is 41.1 Å². The molecule has 1 aliphatic rings. The number of carboxylic acid groups (broad SMARTS) is 1. The van der Waals surface area contributed by atoms with Crippen molar-refractivity contribution < 1.29 is 14.7 Å². The molecule has 1 atom stereocenters. The quantitative estimate of drug-likeness (QED) is 0.755. The van der Waals surface area contributed by atoms with E-state index in [9.17, 15) is 9.59 Å². The maximum atomic E-state index is 12.2. The van der Waals surface area contributed by atoms with Crippen molar-refractivity contribution in [3.8, 4) is 0 Å². The second kappa shape index (κ2) is 8.82. The molecular formula is C15H28N2O3. The number of carbonyl (C=O) groups is 2. The molecule has 0 bridgehead atoms. The molecule has 116 valence electrons. The third-order valence-corrected chi connectivity index (χ3v) is 3.98. The standard InChI is InChI=1S/C15H28N2O3/c1-3-5-12-7-9-17(10-8-12)15(20)16-13(6-4-2)11-14(18)19/h12-13H,3-11H2,1-2H3,(H,16,20)(H,18,19). The number of carbonyl (C=O) groups excluding carboxylic acids is 1. The first kappa shape index (κ1) is 16.8. The molecule has 0 radical (unpaired) electrons. The maximum Gasteiger partial charge on any atom is 0.317 e. The van der Waals surface area contributed by atoms with Crippen LogP contribution in [0.2, 0.25) is 0 Å². The maximum absolute atomic E-state index is 12.2. The number of carboxylic acids is 1. The molecule has 0 saturated carbocycles. The summed E-state index contributed by atoms with van der Waals surface area (Å²) in [7, 11) is 0. The van der Waals surface area contributed by atoms with E-state index in [0.29, 0.717) is 6.42 Å². The lowest BCUT2D eigenvalue weighted by Crippen LogP contribution is -2.48. The highest BCUT2D eigenvalue weighted by molar-refractivity contribution is 5.76. The van der Waals surface area contributed by atoms with Crippen LogP contribution in [0.4, 0.5) is 4.79 Å². The molecule has 0 spiro atoms. The summed E-state index contributed by atoms with van der Waals surface area (Å²) in [6, 6.07) is -0.349. The Morgan fingerprint density at radius 3 is 2.40 bits per heavy atom. The Balaban J connectivity index is 2.39. The Bertz CT molecular complexity index is 312. The first-order valence-corrected chi connectivity index (χ1v) is 7.84. The molecule has 0 aromatic carbocycles. The van der Waals surface area contributed by atoms with Crippen LogP contribution in [0.5, 0.6) is 0 Å². The van der Waals surface area contributed by atoms with Gasteiger partial charge in [-0.2, -0.15) is 0 Å². The van der Waals surface area contributed by atoms with Crippen LogP contribution in [0.15, 0.2) is 0 Å². The molecular weight excluding hydrogens is 256 g/mol. The summed E-state index contributed by atoms with van der Waals surface area (Å²) in [5.74, 6) is -0.111. The van der Waals surface area contributed by atoms with Gasteiger partial charge >= 0.3 is 12.0 Å². The van der Waals surface area contributed by atoms with E-state index >= 15 is 0 Å². The second-order valence-electron chi connectivity index (χ2n) is 5.75. The first-order valence-electron chi connectivity index (χ1n) is 7.84. The molecule has 5 nitrogen and oxygen atoms in total. The normalized spacial score (nSPS) is 17.8. The molecule has 0 aromatic rings. The molecule has 2 amide bonds. The van der Waals surface area contributed by atoms with Gasteiger partial charge in [0.15, 0.2) is 0 Å². The van der Waals surface area contributed by atoms with E-state index in [-0.39, 0.29) is 18.5 Å². The van der Waals surface area contributed by atoms with Gasteiger partial charge in [-0.1, -0.05) is 33.1 Å². The summed E-state index contributed by atoms with van der Waals surface area (Å²) < 4.78 is 0. The molecule has 1 rings (SSSR count). The van der Waals surface area contributed by atoms with Crippen molar-refractivity contribution in [1.29, 1.82) is 0 Å². The Morgan fingerprint density at radius 1 is 1.25 bits per heavy atom. The lowest BCUT2D eigenvalue weighted by atomic mass is 9.93. The van der Waals surface area contributed by atoms with E-state index in [1.54, 1.807) is 0 Å². The third kappa shape index (κ3) is 5.80. The second-order valence-corrected chi connectivity index (χ2v) is 5.75. The van der Waals surface area contributed by atoms with Gasteiger partial charge in [-0.15, -0.1) is 0 Å².